The highest BCUT2D eigenvalue weighted by atomic mass is 16.3. The van der Waals surface area contributed by atoms with Gasteiger partial charge in [0.25, 0.3) is 0 Å². The van der Waals surface area contributed by atoms with Gasteiger partial charge >= 0.3 is 0 Å². The smallest absolute Gasteiger partial charge is 0.143 e. The second-order valence-electron chi connectivity index (χ2n) is 13.7. The van der Waals surface area contributed by atoms with Crippen molar-refractivity contribution in [1.82, 2.24) is 0 Å². The molecule has 0 N–H and O–H groups in total. The molecule has 0 fully saturated rings. The van der Waals surface area contributed by atoms with E-state index in [4.69, 9.17) is 4.42 Å². The highest BCUT2D eigenvalue weighted by molar-refractivity contribution is 6.13. The molecule has 0 atom stereocenters. The lowest BCUT2D eigenvalue weighted by atomic mass is 9.95. The maximum Gasteiger partial charge on any atom is 0.143 e. The lowest BCUT2D eigenvalue weighted by molar-refractivity contribution is 0.671. The minimum absolute atomic E-state index is 0.912. The molecule has 254 valence electrons. The number of nitrogens with zero attached hydrogens (tertiary/aromatic N) is 1. The predicted octanol–water partition coefficient (Wildman–Crippen LogP) is 14.9. The summed E-state index contributed by atoms with van der Waals surface area (Å²) in [6.45, 7) is 0. The third-order valence-electron chi connectivity index (χ3n) is 10.5. The lowest BCUT2D eigenvalue weighted by Gasteiger charge is -2.27. The molecule has 54 heavy (non-hydrogen) atoms. The van der Waals surface area contributed by atoms with Crippen LogP contribution in [0.2, 0.25) is 0 Å². The van der Waals surface area contributed by atoms with Crippen LogP contribution in [0.4, 0.5) is 17.1 Å². The summed E-state index contributed by atoms with van der Waals surface area (Å²) in [5.41, 5.74) is 14.4. The minimum atomic E-state index is 0.912. The number of fused-ring (bicyclic) bond motifs is 4. The Morgan fingerprint density at radius 3 is 1.46 bits per heavy atom. The van der Waals surface area contributed by atoms with Crippen molar-refractivity contribution >= 4 is 49.8 Å². The molecular formula is C52H35NO. The van der Waals surface area contributed by atoms with Gasteiger partial charge in [-0.1, -0.05) is 170 Å². The van der Waals surface area contributed by atoms with Crippen LogP contribution in [0.25, 0.3) is 77.2 Å². The first-order valence-corrected chi connectivity index (χ1v) is 18.4. The summed E-state index contributed by atoms with van der Waals surface area (Å²) in [6, 6.07) is 75.7. The molecule has 0 unspecified atom stereocenters. The second-order valence-corrected chi connectivity index (χ2v) is 13.7. The molecule has 10 rings (SSSR count). The van der Waals surface area contributed by atoms with E-state index in [0.717, 1.165) is 66.8 Å². The zero-order valence-corrected chi connectivity index (χ0v) is 29.6. The molecule has 9 aromatic carbocycles. The Morgan fingerprint density at radius 1 is 0.296 bits per heavy atom. The van der Waals surface area contributed by atoms with E-state index < -0.39 is 0 Å². The lowest BCUT2D eigenvalue weighted by Crippen LogP contribution is -2.10. The third kappa shape index (κ3) is 5.62. The molecule has 0 aliphatic carbocycles. The Hall–Kier alpha value is -7.16. The van der Waals surface area contributed by atoms with Crippen LogP contribution in [-0.4, -0.2) is 0 Å². The van der Waals surface area contributed by atoms with Gasteiger partial charge in [-0.2, -0.15) is 0 Å². The van der Waals surface area contributed by atoms with Gasteiger partial charge < -0.3 is 9.32 Å². The number of hydrogen-bond donors (Lipinski definition) is 0. The Bertz CT molecular complexity index is 2920. The van der Waals surface area contributed by atoms with E-state index in [1.807, 2.05) is 6.07 Å². The maximum absolute atomic E-state index is 6.75. The summed E-state index contributed by atoms with van der Waals surface area (Å²) in [5, 5.41) is 4.70. The van der Waals surface area contributed by atoms with Gasteiger partial charge in [-0.15, -0.1) is 0 Å². The fourth-order valence-electron chi connectivity index (χ4n) is 7.85. The van der Waals surface area contributed by atoms with Gasteiger partial charge in [-0.25, -0.2) is 0 Å². The van der Waals surface area contributed by atoms with Gasteiger partial charge in [-0.05, 0) is 81.2 Å². The predicted molar refractivity (Wildman–Crippen MR) is 228 cm³/mol. The van der Waals surface area contributed by atoms with Crippen molar-refractivity contribution < 1.29 is 4.42 Å². The largest absolute Gasteiger partial charge is 0.455 e. The monoisotopic (exact) mass is 689 g/mol. The zero-order valence-electron chi connectivity index (χ0n) is 29.6. The molecule has 1 heterocycles. The Balaban J connectivity index is 0.999. The molecule has 0 bridgehead atoms. The van der Waals surface area contributed by atoms with Crippen LogP contribution in [0.5, 0.6) is 0 Å². The molecule has 2 heteroatoms. The molecule has 2 nitrogen and oxygen atoms in total. The summed E-state index contributed by atoms with van der Waals surface area (Å²) in [4.78, 5) is 2.35. The summed E-state index contributed by atoms with van der Waals surface area (Å²) in [5.74, 6) is 0. The van der Waals surface area contributed by atoms with Crippen molar-refractivity contribution in [2.75, 3.05) is 4.90 Å². The standard InChI is InChI=1S/C52H35NO/c1-3-14-38(15-4-1)46-25-12-27-48-49-28-13-26-47(52(49)54-51(46)48)42-21-10-20-41(35-42)40-19-9-18-39(34-40)36-30-32-44(33-31-36)53(43-22-5-2-6-23-43)50-29-11-17-37-16-7-8-24-45(37)50/h1-35H. The highest BCUT2D eigenvalue weighted by Gasteiger charge is 2.17. The van der Waals surface area contributed by atoms with Crippen molar-refractivity contribution in [3.8, 4) is 44.5 Å². The van der Waals surface area contributed by atoms with E-state index in [1.165, 1.54) is 27.5 Å². The van der Waals surface area contributed by atoms with Crippen molar-refractivity contribution in [2.24, 2.45) is 0 Å². The number of anilines is 3. The van der Waals surface area contributed by atoms with Crippen LogP contribution < -0.4 is 4.90 Å². The SMILES string of the molecule is c1ccc(-c2cccc3c2oc2c(-c4cccc(-c5cccc(-c6ccc(N(c7ccccc7)c7cccc8ccccc78)cc6)c5)c4)cccc23)cc1. The van der Waals surface area contributed by atoms with E-state index >= 15 is 0 Å². The summed E-state index contributed by atoms with van der Waals surface area (Å²) < 4.78 is 6.75. The topological polar surface area (TPSA) is 16.4 Å². The average molecular weight is 690 g/mol. The van der Waals surface area contributed by atoms with E-state index in [1.54, 1.807) is 0 Å². The van der Waals surface area contributed by atoms with Crippen molar-refractivity contribution in [2.45, 2.75) is 0 Å². The molecule has 0 amide bonds. The first kappa shape index (κ1) is 31.6. The molecule has 0 radical (unpaired) electrons. The molecular weight excluding hydrogens is 655 g/mol. The van der Waals surface area contributed by atoms with Crippen molar-refractivity contribution in [3.63, 3.8) is 0 Å². The van der Waals surface area contributed by atoms with Crippen LogP contribution in [0, 0.1) is 0 Å². The summed E-state index contributed by atoms with van der Waals surface area (Å²) in [7, 11) is 0. The number of para-hydroxylation sites is 3. The van der Waals surface area contributed by atoms with Gasteiger partial charge in [0.05, 0.1) is 5.69 Å². The van der Waals surface area contributed by atoms with Gasteiger partial charge in [0.15, 0.2) is 0 Å². The summed E-state index contributed by atoms with van der Waals surface area (Å²) in [6.07, 6.45) is 0. The van der Waals surface area contributed by atoms with Crippen LogP contribution in [0.1, 0.15) is 0 Å². The molecule has 0 aliphatic heterocycles. The first-order valence-electron chi connectivity index (χ1n) is 18.4. The molecule has 1 aromatic heterocycles. The number of furan rings is 1. The van der Waals surface area contributed by atoms with Crippen molar-refractivity contribution in [3.05, 3.63) is 212 Å². The Morgan fingerprint density at radius 2 is 0.759 bits per heavy atom. The highest BCUT2D eigenvalue weighted by Crippen LogP contribution is 2.42. The molecule has 0 spiro atoms. The van der Waals surface area contributed by atoms with E-state index in [-0.39, 0.29) is 0 Å². The zero-order chi connectivity index (χ0) is 35.8. The molecule has 0 saturated heterocycles. The number of benzene rings is 9. The van der Waals surface area contributed by atoms with Crippen molar-refractivity contribution in [1.29, 1.82) is 0 Å². The van der Waals surface area contributed by atoms with Gasteiger partial charge in [0, 0.05) is 38.7 Å². The van der Waals surface area contributed by atoms with Gasteiger partial charge in [0.1, 0.15) is 11.2 Å². The van der Waals surface area contributed by atoms with Crippen LogP contribution in [0.15, 0.2) is 217 Å². The molecule has 10 aromatic rings. The normalized spacial score (nSPS) is 11.3. The van der Waals surface area contributed by atoms with E-state index in [9.17, 15) is 0 Å². The first-order chi connectivity index (χ1) is 26.8. The Labute approximate surface area is 314 Å². The number of hydrogen-bond acceptors (Lipinski definition) is 2. The third-order valence-corrected chi connectivity index (χ3v) is 10.5. The van der Waals surface area contributed by atoms with E-state index in [2.05, 4.69) is 211 Å². The maximum atomic E-state index is 6.75. The molecule has 0 saturated carbocycles. The van der Waals surface area contributed by atoms with Crippen LogP contribution in [-0.2, 0) is 0 Å². The average Bonchev–Trinajstić information content (AvgIpc) is 3.64. The molecule has 0 aliphatic rings. The second kappa shape index (κ2) is 13.4. The van der Waals surface area contributed by atoms with E-state index in [0.29, 0.717) is 0 Å². The quantitative estimate of drug-likeness (QED) is 0.166. The van der Waals surface area contributed by atoms with Crippen LogP contribution >= 0.6 is 0 Å². The number of rotatable bonds is 7. The van der Waals surface area contributed by atoms with Gasteiger partial charge in [0.2, 0.25) is 0 Å². The Kier molecular flexibility index (Phi) is 7.85. The van der Waals surface area contributed by atoms with Crippen LogP contribution in [0.3, 0.4) is 0 Å². The fourth-order valence-corrected chi connectivity index (χ4v) is 7.85. The summed E-state index contributed by atoms with van der Waals surface area (Å²) >= 11 is 0. The minimum Gasteiger partial charge on any atom is -0.455 e. The van der Waals surface area contributed by atoms with Gasteiger partial charge in [-0.3, -0.25) is 0 Å². The fraction of sp³-hybridized carbons (Fsp3) is 0.